The van der Waals surface area contributed by atoms with Crippen LogP contribution in [0.3, 0.4) is 0 Å². The van der Waals surface area contributed by atoms with Gasteiger partial charge in [-0.25, -0.2) is 4.79 Å². The van der Waals surface area contributed by atoms with Crippen LogP contribution in [0, 0.1) is 0 Å². The summed E-state index contributed by atoms with van der Waals surface area (Å²) in [6.07, 6.45) is 7.00. The molecule has 168 valence electrons. The number of carbonyl (C=O) groups is 1. The Morgan fingerprint density at radius 2 is 1.59 bits per heavy atom. The number of anilines is 2. The number of hydrogen-bond acceptors (Lipinski definition) is 3. The zero-order valence-electron chi connectivity index (χ0n) is 18.9. The molecule has 0 fully saturated rings. The predicted octanol–water partition coefficient (Wildman–Crippen LogP) is 5.62. The van der Waals surface area contributed by atoms with E-state index in [9.17, 15) is 9.59 Å². The van der Waals surface area contributed by atoms with Crippen LogP contribution in [0.4, 0.5) is 11.4 Å². The van der Waals surface area contributed by atoms with Gasteiger partial charge in [-0.3, -0.25) is 4.79 Å². The Morgan fingerprint density at radius 3 is 2.35 bits per heavy atom. The average Bonchev–Trinajstić information content (AvgIpc) is 3.11. The van der Waals surface area contributed by atoms with Crippen LogP contribution in [0.1, 0.15) is 24.0 Å². The summed E-state index contributed by atoms with van der Waals surface area (Å²) in [5.74, 6) is 1.99. The van der Waals surface area contributed by atoms with Crippen LogP contribution in [0.15, 0.2) is 108 Å². The third-order valence-corrected chi connectivity index (χ3v) is 6.46. The number of rotatable bonds is 4. The largest absolute Gasteiger partial charge is 0.360 e. The first-order chi connectivity index (χ1) is 16.8. The molecule has 0 saturated carbocycles. The lowest BCUT2D eigenvalue weighted by Gasteiger charge is -2.35. The standard InChI is InChI=1S/C30H26N2O2/c33-21-26-28(32-20-10-9-12-22-11-7-8-17-27(22)32)19-18-25(29(26)23-13-3-1-4-14-23)30(34)31-24-15-5-2-6-16-24/h1-8,11,13-19,28H,9-10,12,20H2,(H,31,34). The Hall–Kier alpha value is -4.14. The van der Waals surface area contributed by atoms with E-state index in [0.717, 1.165) is 37.1 Å². The molecule has 0 spiro atoms. The number of para-hydroxylation sites is 2. The Balaban J connectivity index is 1.59. The van der Waals surface area contributed by atoms with Gasteiger partial charge in [-0.1, -0.05) is 78.9 Å². The molecule has 5 rings (SSSR count). The van der Waals surface area contributed by atoms with Gasteiger partial charge in [-0.05, 0) is 48.6 Å². The smallest absolute Gasteiger partial charge is 0.256 e. The first-order valence-corrected chi connectivity index (χ1v) is 11.7. The number of fused-ring (bicyclic) bond motifs is 1. The van der Waals surface area contributed by atoms with Crippen molar-refractivity contribution in [3.8, 4) is 0 Å². The molecule has 1 amide bonds. The van der Waals surface area contributed by atoms with Crippen LogP contribution in [0.5, 0.6) is 0 Å². The maximum absolute atomic E-state index is 13.4. The number of benzene rings is 3. The van der Waals surface area contributed by atoms with E-state index in [-0.39, 0.29) is 11.9 Å². The monoisotopic (exact) mass is 446 g/mol. The van der Waals surface area contributed by atoms with E-state index >= 15 is 0 Å². The van der Waals surface area contributed by atoms with Gasteiger partial charge in [0.1, 0.15) is 5.94 Å². The van der Waals surface area contributed by atoms with Crippen molar-refractivity contribution in [2.24, 2.45) is 0 Å². The number of hydrogen-bond donors (Lipinski definition) is 1. The number of carbonyl (C=O) groups excluding carboxylic acids is 2. The minimum Gasteiger partial charge on any atom is -0.360 e. The van der Waals surface area contributed by atoms with Crippen molar-refractivity contribution in [3.05, 3.63) is 119 Å². The molecule has 4 heteroatoms. The molecule has 1 aliphatic carbocycles. The van der Waals surface area contributed by atoms with E-state index in [0.29, 0.717) is 22.4 Å². The summed E-state index contributed by atoms with van der Waals surface area (Å²) in [6, 6.07) is 27.1. The second-order valence-corrected chi connectivity index (χ2v) is 8.57. The topological polar surface area (TPSA) is 49.4 Å². The van der Waals surface area contributed by atoms with Crippen LogP contribution in [0.2, 0.25) is 0 Å². The zero-order valence-corrected chi connectivity index (χ0v) is 18.9. The Morgan fingerprint density at radius 1 is 0.882 bits per heavy atom. The van der Waals surface area contributed by atoms with E-state index in [1.54, 1.807) is 0 Å². The van der Waals surface area contributed by atoms with Gasteiger partial charge >= 0.3 is 0 Å². The van der Waals surface area contributed by atoms with Crippen LogP contribution in [-0.2, 0) is 16.0 Å². The minimum atomic E-state index is -0.291. The fourth-order valence-corrected chi connectivity index (χ4v) is 4.87. The second kappa shape index (κ2) is 9.78. The molecule has 1 unspecified atom stereocenters. The average molecular weight is 447 g/mol. The first kappa shape index (κ1) is 21.7. The van der Waals surface area contributed by atoms with Crippen molar-refractivity contribution in [1.29, 1.82) is 0 Å². The van der Waals surface area contributed by atoms with E-state index in [1.807, 2.05) is 78.9 Å². The lowest BCUT2D eigenvalue weighted by Crippen LogP contribution is -2.38. The molecule has 2 aliphatic rings. The summed E-state index contributed by atoms with van der Waals surface area (Å²) in [7, 11) is 0. The van der Waals surface area contributed by atoms with Crippen LogP contribution >= 0.6 is 0 Å². The summed E-state index contributed by atoms with van der Waals surface area (Å²) in [5, 5.41) is 2.97. The molecule has 1 heterocycles. The second-order valence-electron chi connectivity index (χ2n) is 8.57. The number of nitrogens with zero attached hydrogens (tertiary/aromatic N) is 1. The number of amides is 1. The fraction of sp³-hybridized carbons (Fsp3) is 0.167. The van der Waals surface area contributed by atoms with E-state index in [2.05, 4.69) is 34.4 Å². The maximum Gasteiger partial charge on any atom is 0.256 e. The van der Waals surface area contributed by atoms with Crippen molar-refractivity contribution >= 4 is 28.8 Å². The van der Waals surface area contributed by atoms with Crippen LogP contribution < -0.4 is 10.2 Å². The van der Waals surface area contributed by atoms with Gasteiger partial charge in [0.05, 0.1) is 11.6 Å². The lowest BCUT2D eigenvalue weighted by atomic mass is 9.84. The highest BCUT2D eigenvalue weighted by molar-refractivity contribution is 6.15. The van der Waals surface area contributed by atoms with Gasteiger partial charge < -0.3 is 10.2 Å². The SMILES string of the molecule is O=C=C1C(c2ccccc2)=C(C(=O)Nc2ccccc2)C=CC1N1CCCCc2ccccc21. The van der Waals surface area contributed by atoms with Crippen molar-refractivity contribution in [1.82, 2.24) is 0 Å². The van der Waals surface area contributed by atoms with Crippen molar-refractivity contribution < 1.29 is 9.59 Å². The van der Waals surface area contributed by atoms with Crippen molar-refractivity contribution in [2.45, 2.75) is 25.3 Å². The highest BCUT2D eigenvalue weighted by atomic mass is 16.1. The van der Waals surface area contributed by atoms with Gasteiger partial charge in [0.2, 0.25) is 0 Å². The van der Waals surface area contributed by atoms with Gasteiger partial charge in [0.25, 0.3) is 5.91 Å². The highest BCUT2D eigenvalue weighted by Gasteiger charge is 2.33. The molecular formula is C30H26N2O2. The summed E-state index contributed by atoms with van der Waals surface area (Å²) in [5.41, 5.74) is 5.57. The summed E-state index contributed by atoms with van der Waals surface area (Å²) in [6.45, 7) is 0.838. The Bertz CT molecular complexity index is 1300. The third kappa shape index (κ3) is 4.24. The predicted molar refractivity (Wildman–Crippen MR) is 137 cm³/mol. The molecule has 4 nitrogen and oxygen atoms in total. The van der Waals surface area contributed by atoms with Crippen molar-refractivity contribution in [2.75, 3.05) is 16.8 Å². The van der Waals surface area contributed by atoms with Crippen molar-refractivity contribution in [3.63, 3.8) is 0 Å². The maximum atomic E-state index is 13.4. The zero-order chi connectivity index (χ0) is 23.3. The van der Waals surface area contributed by atoms with Gasteiger partial charge in [-0.15, -0.1) is 0 Å². The summed E-state index contributed by atoms with van der Waals surface area (Å²) in [4.78, 5) is 28.2. The van der Waals surface area contributed by atoms with Gasteiger partial charge in [0, 0.05) is 29.1 Å². The molecule has 34 heavy (non-hydrogen) atoms. The molecule has 3 aromatic rings. The molecule has 1 aliphatic heterocycles. The van der Waals surface area contributed by atoms with Crippen LogP contribution in [-0.4, -0.2) is 24.4 Å². The summed E-state index contributed by atoms with van der Waals surface area (Å²) >= 11 is 0. The van der Waals surface area contributed by atoms with E-state index < -0.39 is 0 Å². The Kier molecular flexibility index (Phi) is 6.24. The normalized spacial score (nSPS) is 17.6. The fourth-order valence-electron chi connectivity index (χ4n) is 4.87. The highest BCUT2D eigenvalue weighted by Crippen LogP contribution is 2.38. The van der Waals surface area contributed by atoms with Gasteiger partial charge in [0.15, 0.2) is 0 Å². The molecule has 0 saturated heterocycles. The lowest BCUT2D eigenvalue weighted by molar-refractivity contribution is -0.112. The molecule has 0 radical (unpaired) electrons. The van der Waals surface area contributed by atoms with E-state index in [1.165, 1.54) is 5.56 Å². The van der Waals surface area contributed by atoms with Crippen LogP contribution in [0.25, 0.3) is 5.57 Å². The number of nitrogens with one attached hydrogen (secondary N) is 1. The third-order valence-electron chi connectivity index (χ3n) is 6.46. The molecule has 1 atom stereocenters. The number of aryl methyl sites for hydroxylation is 1. The Labute approximate surface area is 199 Å². The first-order valence-electron chi connectivity index (χ1n) is 11.7. The molecule has 0 bridgehead atoms. The van der Waals surface area contributed by atoms with Gasteiger partial charge in [-0.2, -0.15) is 0 Å². The van der Waals surface area contributed by atoms with E-state index in [4.69, 9.17) is 0 Å². The molecule has 3 aromatic carbocycles. The molecule has 0 aromatic heterocycles. The quantitative estimate of drug-likeness (QED) is 0.530. The minimum absolute atomic E-state index is 0.247. The molecule has 1 N–H and O–H groups in total. The molecular weight excluding hydrogens is 420 g/mol. The summed E-state index contributed by atoms with van der Waals surface area (Å²) < 4.78 is 0.